The minimum absolute atomic E-state index is 0.109. The number of amides is 1. The van der Waals surface area contributed by atoms with Gasteiger partial charge < -0.3 is 14.8 Å². The van der Waals surface area contributed by atoms with E-state index in [0.717, 1.165) is 17.5 Å². The summed E-state index contributed by atoms with van der Waals surface area (Å²) in [5.41, 5.74) is 2.53. The molecule has 0 saturated heterocycles. The summed E-state index contributed by atoms with van der Waals surface area (Å²) < 4.78 is 5.21. The second-order valence-corrected chi connectivity index (χ2v) is 4.52. The molecule has 0 fully saturated rings. The van der Waals surface area contributed by atoms with Gasteiger partial charge in [0.15, 0.2) is 0 Å². The van der Waals surface area contributed by atoms with Gasteiger partial charge in [0, 0.05) is 12.1 Å². The zero-order chi connectivity index (χ0) is 13.8. The third-order valence-electron chi connectivity index (χ3n) is 3.02. The molecule has 4 heteroatoms. The van der Waals surface area contributed by atoms with Gasteiger partial charge in [0.05, 0.1) is 11.8 Å². The zero-order valence-corrected chi connectivity index (χ0v) is 11.1. The van der Waals surface area contributed by atoms with Crippen LogP contribution in [0.4, 0.5) is 0 Å². The van der Waals surface area contributed by atoms with Gasteiger partial charge in [-0.2, -0.15) is 0 Å². The molecule has 0 spiro atoms. The van der Waals surface area contributed by atoms with E-state index >= 15 is 0 Å². The Balaban J connectivity index is 1.89. The lowest BCUT2D eigenvalue weighted by atomic mass is 10.1. The fraction of sp³-hybridized carbons (Fsp3) is 0.267. The molecule has 100 valence electrons. The Morgan fingerprint density at radius 2 is 1.95 bits per heavy atom. The van der Waals surface area contributed by atoms with Crippen molar-refractivity contribution in [3.8, 4) is 5.75 Å². The first-order valence-electron chi connectivity index (χ1n) is 6.18. The van der Waals surface area contributed by atoms with Crippen molar-refractivity contribution in [3.63, 3.8) is 0 Å². The molecular formula is C15H17NO3. The molecule has 2 aromatic rings. The lowest BCUT2D eigenvalue weighted by Gasteiger charge is -2.05. The highest BCUT2D eigenvalue weighted by atomic mass is 16.3. The maximum Gasteiger partial charge on any atom is 0.255 e. The Bertz CT molecular complexity index is 550. The molecule has 0 bridgehead atoms. The number of phenolic OH excluding ortho intramolecular Hbond substituents is 1. The fourth-order valence-electron chi connectivity index (χ4n) is 1.98. The molecule has 0 aliphatic rings. The minimum atomic E-state index is -0.109. The number of hydrogen-bond donors (Lipinski definition) is 2. The van der Waals surface area contributed by atoms with Gasteiger partial charge in [-0.25, -0.2) is 0 Å². The molecule has 2 rings (SSSR count). The van der Waals surface area contributed by atoms with Crippen LogP contribution in [0.5, 0.6) is 5.75 Å². The summed E-state index contributed by atoms with van der Waals surface area (Å²) in [5.74, 6) is 0.777. The van der Waals surface area contributed by atoms with Crippen molar-refractivity contribution in [1.29, 1.82) is 0 Å². The molecule has 0 unspecified atom stereocenters. The second-order valence-electron chi connectivity index (χ2n) is 4.52. The summed E-state index contributed by atoms with van der Waals surface area (Å²) >= 11 is 0. The van der Waals surface area contributed by atoms with Crippen molar-refractivity contribution in [3.05, 3.63) is 53.0 Å². The lowest BCUT2D eigenvalue weighted by Crippen LogP contribution is -2.26. The molecule has 1 amide bonds. The van der Waals surface area contributed by atoms with E-state index in [-0.39, 0.29) is 11.7 Å². The predicted molar refractivity (Wildman–Crippen MR) is 72.3 cm³/mol. The molecule has 2 N–H and O–H groups in total. The van der Waals surface area contributed by atoms with Crippen LogP contribution in [-0.4, -0.2) is 17.6 Å². The number of benzene rings is 1. The summed E-state index contributed by atoms with van der Waals surface area (Å²) in [7, 11) is 0. The zero-order valence-electron chi connectivity index (χ0n) is 11.1. The van der Waals surface area contributed by atoms with Crippen molar-refractivity contribution in [2.75, 3.05) is 6.54 Å². The van der Waals surface area contributed by atoms with E-state index in [4.69, 9.17) is 4.42 Å². The Hall–Kier alpha value is -2.23. The summed E-state index contributed by atoms with van der Waals surface area (Å²) in [6.45, 7) is 4.18. The van der Waals surface area contributed by atoms with Crippen LogP contribution in [0, 0.1) is 13.8 Å². The van der Waals surface area contributed by atoms with E-state index in [2.05, 4.69) is 5.32 Å². The van der Waals surface area contributed by atoms with Crippen molar-refractivity contribution < 1.29 is 14.3 Å². The quantitative estimate of drug-likeness (QED) is 0.887. The maximum absolute atomic E-state index is 12.0. The van der Waals surface area contributed by atoms with E-state index < -0.39 is 0 Å². The highest BCUT2D eigenvalue weighted by molar-refractivity contribution is 5.96. The number of aromatic hydroxyl groups is 1. The number of carbonyl (C=O) groups is 1. The lowest BCUT2D eigenvalue weighted by molar-refractivity contribution is 0.0952. The van der Waals surface area contributed by atoms with Gasteiger partial charge >= 0.3 is 0 Å². The molecule has 0 aliphatic carbocycles. The molecule has 0 aliphatic heterocycles. The van der Waals surface area contributed by atoms with Gasteiger partial charge in [0.2, 0.25) is 0 Å². The van der Waals surface area contributed by atoms with Gasteiger partial charge in [-0.1, -0.05) is 12.1 Å². The molecule has 4 nitrogen and oxygen atoms in total. The summed E-state index contributed by atoms with van der Waals surface area (Å²) in [4.78, 5) is 12.0. The van der Waals surface area contributed by atoms with Crippen molar-refractivity contribution in [2.45, 2.75) is 20.3 Å². The normalized spacial score (nSPS) is 10.4. The smallest absolute Gasteiger partial charge is 0.255 e. The van der Waals surface area contributed by atoms with Gasteiger partial charge in [-0.05, 0) is 38.0 Å². The minimum Gasteiger partial charge on any atom is -0.508 e. The van der Waals surface area contributed by atoms with Crippen LogP contribution in [0.1, 0.15) is 27.2 Å². The highest BCUT2D eigenvalue weighted by Crippen LogP contribution is 2.15. The van der Waals surface area contributed by atoms with Crippen LogP contribution >= 0.6 is 0 Å². The Morgan fingerprint density at radius 3 is 2.53 bits per heavy atom. The van der Waals surface area contributed by atoms with Crippen LogP contribution in [0.15, 0.2) is 34.9 Å². The number of furan rings is 1. The van der Waals surface area contributed by atoms with Gasteiger partial charge in [0.25, 0.3) is 5.91 Å². The topological polar surface area (TPSA) is 62.5 Å². The van der Waals surface area contributed by atoms with Crippen LogP contribution < -0.4 is 5.32 Å². The number of nitrogens with one attached hydrogen (secondary N) is 1. The second kappa shape index (κ2) is 5.61. The molecule has 0 radical (unpaired) electrons. The summed E-state index contributed by atoms with van der Waals surface area (Å²) in [5, 5.41) is 12.0. The average Bonchev–Trinajstić information content (AvgIpc) is 2.71. The Morgan fingerprint density at radius 1 is 1.26 bits per heavy atom. The molecule has 0 saturated carbocycles. The highest BCUT2D eigenvalue weighted by Gasteiger charge is 2.14. The van der Waals surface area contributed by atoms with Gasteiger partial charge in [0.1, 0.15) is 11.5 Å². The number of carbonyl (C=O) groups excluding carboxylic acids is 1. The first-order valence-corrected chi connectivity index (χ1v) is 6.18. The first-order chi connectivity index (χ1) is 9.08. The predicted octanol–water partition coefficient (Wildman–Crippen LogP) is 2.57. The largest absolute Gasteiger partial charge is 0.508 e. The van der Waals surface area contributed by atoms with Crippen molar-refractivity contribution in [2.24, 2.45) is 0 Å². The fourth-order valence-corrected chi connectivity index (χ4v) is 1.98. The molecule has 1 aromatic heterocycles. The first kappa shape index (κ1) is 13.2. The third kappa shape index (κ3) is 3.16. The molecule has 1 aromatic carbocycles. The average molecular weight is 259 g/mol. The maximum atomic E-state index is 12.0. The van der Waals surface area contributed by atoms with Crippen molar-refractivity contribution in [1.82, 2.24) is 5.32 Å². The summed E-state index contributed by atoms with van der Waals surface area (Å²) in [6, 6.07) is 6.97. The van der Waals surface area contributed by atoms with E-state index in [1.54, 1.807) is 25.3 Å². The summed E-state index contributed by atoms with van der Waals surface area (Å²) in [6.07, 6.45) is 2.31. The Kier molecular flexibility index (Phi) is 3.90. The number of phenols is 1. The van der Waals surface area contributed by atoms with E-state index in [1.807, 2.05) is 19.1 Å². The van der Waals surface area contributed by atoms with Crippen molar-refractivity contribution >= 4 is 5.91 Å². The number of aryl methyl sites for hydroxylation is 2. The molecular weight excluding hydrogens is 242 g/mol. The van der Waals surface area contributed by atoms with Crippen LogP contribution in [0.25, 0.3) is 0 Å². The van der Waals surface area contributed by atoms with Crippen LogP contribution in [0.2, 0.25) is 0 Å². The van der Waals surface area contributed by atoms with Crippen LogP contribution in [-0.2, 0) is 6.42 Å². The van der Waals surface area contributed by atoms with E-state index in [0.29, 0.717) is 17.9 Å². The van der Waals surface area contributed by atoms with E-state index in [1.165, 1.54) is 0 Å². The number of rotatable bonds is 4. The SMILES string of the molecule is Cc1coc(C)c1C(=O)NCCc1ccc(O)cc1. The van der Waals surface area contributed by atoms with Gasteiger partial charge in [-0.3, -0.25) is 4.79 Å². The third-order valence-corrected chi connectivity index (χ3v) is 3.02. The Labute approximate surface area is 112 Å². The van der Waals surface area contributed by atoms with Gasteiger partial charge in [-0.15, -0.1) is 0 Å². The standard InChI is InChI=1S/C15H17NO3/c1-10-9-19-11(2)14(10)15(18)16-8-7-12-3-5-13(17)6-4-12/h3-6,9,17H,7-8H2,1-2H3,(H,16,18). The molecule has 19 heavy (non-hydrogen) atoms. The molecule has 1 heterocycles. The van der Waals surface area contributed by atoms with E-state index in [9.17, 15) is 9.90 Å². The van der Waals surface area contributed by atoms with Crippen LogP contribution in [0.3, 0.4) is 0 Å². The molecule has 0 atom stereocenters. The number of hydrogen-bond acceptors (Lipinski definition) is 3. The monoisotopic (exact) mass is 259 g/mol.